The number of fused-ring (bicyclic) bond motifs is 1. The number of anilines is 1. The van der Waals surface area contributed by atoms with Crippen LogP contribution in [0, 0.1) is 5.82 Å². The summed E-state index contributed by atoms with van der Waals surface area (Å²) < 4.78 is 14.3. The maximum absolute atomic E-state index is 14.3. The molecule has 0 aliphatic carbocycles. The van der Waals surface area contributed by atoms with Gasteiger partial charge in [0.25, 0.3) is 0 Å². The molecule has 0 bridgehead atoms. The fraction of sp³-hybridized carbons (Fsp3) is 0. The first-order valence-electron chi connectivity index (χ1n) is 7.53. The summed E-state index contributed by atoms with van der Waals surface area (Å²) in [6.45, 7) is 0. The summed E-state index contributed by atoms with van der Waals surface area (Å²) in [7, 11) is 0. The van der Waals surface area contributed by atoms with Crippen LogP contribution in [0.25, 0.3) is 33.5 Å². The highest BCUT2D eigenvalue weighted by Crippen LogP contribution is 2.33. The van der Waals surface area contributed by atoms with Gasteiger partial charge in [-0.3, -0.25) is 15.3 Å². The zero-order valence-corrected chi connectivity index (χ0v) is 13.1. The van der Waals surface area contributed by atoms with Crippen molar-refractivity contribution in [2.24, 2.45) is 0 Å². The number of rotatable bonds is 3. The molecule has 0 fully saturated rings. The Labute approximate surface area is 145 Å². The second kappa shape index (κ2) is 6.20. The SMILES string of the molecule is O=C(O)Nc1nc2cc(-c3ccncc3F)c(-c3cccnc3)nc2[nH]1. The largest absolute Gasteiger partial charge is 0.465 e. The molecule has 0 spiro atoms. The van der Waals surface area contributed by atoms with Crippen LogP contribution in [0.2, 0.25) is 0 Å². The van der Waals surface area contributed by atoms with E-state index in [1.54, 1.807) is 36.7 Å². The van der Waals surface area contributed by atoms with E-state index in [2.05, 4.69) is 30.2 Å². The molecule has 4 aromatic rings. The minimum Gasteiger partial charge on any atom is -0.465 e. The molecule has 0 saturated carbocycles. The molecule has 3 N–H and O–H groups in total. The Bertz CT molecular complexity index is 1110. The minimum atomic E-state index is -1.25. The van der Waals surface area contributed by atoms with Crippen molar-refractivity contribution in [3.63, 3.8) is 0 Å². The lowest BCUT2D eigenvalue weighted by molar-refractivity contribution is 0.209. The molecular weight excluding hydrogens is 339 g/mol. The maximum atomic E-state index is 14.3. The van der Waals surface area contributed by atoms with Crippen molar-refractivity contribution < 1.29 is 14.3 Å². The van der Waals surface area contributed by atoms with Gasteiger partial charge in [0, 0.05) is 35.3 Å². The van der Waals surface area contributed by atoms with Crippen LogP contribution in [0.1, 0.15) is 0 Å². The Balaban J connectivity index is 1.98. The van der Waals surface area contributed by atoms with Crippen LogP contribution in [0.3, 0.4) is 0 Å². The topological polar surface area (TPSA) is 117 Å². The molecule has 4 aromatic heterocycles. The van der Waals surface area contributed by atoms with Gasteiger partial charge >= 0.3 is 6.09 Å². The number of hydrogen-bond donors (Lipinski definition) is 3. The van der Waals surface area contributed by atoms with E-state index >= 15 is 0 Å². The van der Waals surface area contributed by atoms with Crippen LogP contribution >= 0.6 is 0 Å². The lowest BCUT2D eigenvalue weighted by Gasteiger charge is -2.09. The van der Waals surface area contributed by atoms with Crippen molar-refractivity contribution in [3.8, 4) is 22.4 Å². The van der Waals surface area contributed by atoms with Gasteiger partial charge < -0.3 is 10.1 Å². The van der Waals surface area contributed by atoms with E-state index in [1.807, 2.05) is 0 Å². The van der Waals surface area contributed by atoms with Crippen LogP contribution in [-0.4, -0.2) is 36.1 Å². The first-order chi connectivity index (χ1) is 12.6. The molecule has 8 nitrogen and oxygen atoms in total. The predicted octanol–water partition coefficient (Wildman–Crippen LogP) is 3.31. The van der Waals surface area contributed by atoms with Crippen molar-refractivity contribution >= 4 is 23.2 Å². The number of carbonyl (C=O) groups is 1. The standard InChI is InChI=1S/C17H11FN6O2/c18-12-8-20-5-3-10(12)11-6-13-15(23-16(21-13)24-17(25)26)22-14(11)9-2-1-4-19-7-9/h1-8H,(H,25,26)(H2,21,22,23,24). The fourth-order valence-corrected chi connectivity index (χ4v) is 2.62. The van der Waals surface area contributed by atoms with E-state index < -0.39 is 11.9 Å². The van der Waals surface area contributed by atoms with Crippen LogP contribution < -0.4 is 5.32 Å². The Morgan fingerprint density at radius 2 is 1.96 bits per heavy atom. The van der Waals surface area contributed by atoms with Gasteiger partial charge in [-0.15, -0.1) is 0 Å². The summed E-state index contributed by atoms with van der Waals surface area (Å²) in [6, 6.07) is 6.74. The third-order valence-corrected chi connectivity index (χ3v) is 3.69. The van der Waals surface area contributed by atoms with Crippen molar-refractivity contribution in [1.82, 2.24) is 24.9 Å². The Morgan fingerprint density at radius 1 is 1.12 bits per heavy atom. The molecule has 0 unspecified atom stereocenters. The van der Waals surface area contributed by atoms with Gasteiger partial charge in [-0.25, -0.2) is 19.2 Å². The summed E-state index contributed by atoms with van der Waals surface area (Å²) in [4.78, 5) is 30.1. The third-order valence-electron chi connectivity index (χ3n) is 3.69. The van der Waals surface area contributed by atoms with Crippen LogP contribution in [0.5, 0.6) is 0 Å². The smallest absolute Gasteiger partial charge is 0.411 e. The minimum absolute atomic E-state index is 0.0319. The van der Waals surface area contributed by atoms with Crippen LogP contribution in [0.15, 0.2) is 49.1 Å². The highest BCUT2D eigenvalue weighted by molar-refractivity contribution is 5.90. The monoisotopic (exact) mass is 350 g/mol. The lowest BCUT2D eigenvalue weighted by Crippen LogP contribution is -2.08. The van der Waals surface area contributed by atoms with Crippen molar-refractivity contribution in [2.45, 2.75) is 0 Å². The number of hydrogen-bond acceptors (Lipinski definition) is 5. The molecule has 0 aliphatic heterocycles. The van der Waals surface area contributed by atoms with Crippen molar-refractivity contribution in [3.05, 3.63) is 54.9 Å². The zero-order chi connectivity index (χ0) is 18.1. The Kier molecular flexibility index (Phi) is 3.73. The molecule has 26 heavy (non-hydrogen) atoms. The van der Waals surface area contributed by atoms with E-state index in [9.17, 15) is 9.18 Å². The molecule has 0 aliphatic rings. The molecular formula is C17H11FN6O2. The molecule has 128 valence electrons. The van der Waals surface area contributed by atoms with Gasteiger partial charge in [0.15, 0.2) is 5.65 Å². The predicted molar refractivity (Wildman–Crippen MR) is 92.0 cm³/mol. The first-order valence-corrected chi connectivity index (χ1v) is 7.53. The van der Waals surface area contributed by atoms with E-state index in [0.717, 1.165) is 6.20 Å². The average molecular weight is 350 g/mol. The van der Waals surface area contributed by atoms with E-state index in [0.29, 0.717) is 33.5 Å². The summed E-state index contributed by atoms with van der Waals surface area (Å²) in [5.41, 5.74) is 2.74. The van der Waals surface area contributed by atoms with Crippen LogP contribution in [0.4, 0.5) is 15.1 Å². The fourth-order valence-electron chi connectivity index (χ4n) is 2.62. The number of amides is 1. The van der Waals surface area contributed by atoms with E-state index in [-0.39, 0.29) is 5.95 Å². The average Bonchev–Trinajstić information content (AvgIpc) is 3.02. The maximum Gasteiger partial charge on any atom is 0.411 e. The van der Waals surface area contributed by atoms with E-state index in [1.165, 1.54) is 6.20 Å². The van der Waals surface area contributed by atoms with Gasteiger partial charge in [0.2, 0.25) is 5.95 Å². The lowest BCUT2D eigenvalue weighted by atomic mass is 10.0. The molecule has 4 rings (SSSR count). The highest BCUT2D eigenvalue weighted by Gasteiger charge is 2.17. The number of aromatic amines is 1. The number of pyridine rings is 3. The van der Waals surface area contributed by atoms with Gasteiger partial charge in [0.05, 0.1) is 11.9 Å². The van der Waals surface area contributed by atoms with Gasteiger partial charge in [-0.1, -0.05) is 0 Å². The molecule has 0 atom stereocenters. The number of H-pyrrole nitrogens is 1. The summed E-state index contributed by atoms with van der Waals surface area (Å²) in [5, 5.41) is 11.0. The highest BCUT2D eigenvalue weighted by atomic mass is 19.1. The molecule has 0 aromatic carbocycles. The molecule has 1 amide bonds. The second-order valence-corrected chi connectivity index (χ2v) is 5.37. The Hall–Kier alpha value is -3.88. The van der Waals surface area contributed by atoms with Gasteiger partial charge in [0.1, 0.15) is 11.3 Å². The number of nitrogens with one attached hydrogen (secondary N) is 2. The molecule has 0 radical (unpaired) electrons. The van der Waals surface area contributed by atoms with Crippen molar-refractivity contribution in [2.75, 3.05) is 5.32 Å². The summed E-state index contributed by atoms with van der Waals surface area (Å²) in [5.74, 6) is -0.470. The number of aromatic nitrogens is 5. The number of imidazole rings is 1. The summed E-state index contributed by atoms with van der Waals surface area (Å²) in [6.07, 6.45) is 4.59. The van der Waals surface area contributed by atoms with Gasteiger partial charge in [-0.05, 0) is 24.3 Å². The van der Waals surface area contributed by atoms with Crippen molar-refractivity contribution in [1.29, 1.82) is 0 Å². The number of carboxylic acid groups (broad SMARTS) is 1. The molecule has 9 heteroatoms. The first kappa shape index (κ1) is 15.6. The van der Waals surface area contributed by atoms with Crippen LogP contribution in [-0.2, 0) is 0 Å². The quantitative estimate of drug-likeness (QED) is 0.522. The Morgan fingerprint density at radius 3 is 2.69 bits per heavy atom. The zero-order valence-electron chi connectivity index (χ0n) is 13.1. The number of nitrogens with zero attached hydrogens (tertiary/aromatic N) is 4. The molecule has 4 heterocycles. The molecule has 0 saturated heterocycles. The summed E-state index contributed by atoms with van der Waals surface area (Å²) >= 11 is 0. The normalized spacial score (nSPS) is 10.8. The number of halogens is 1. The van der Waals surface area contributed by atoms with Gasteiger partial charge in [-0.2, -0.15) is 0 Å². The second-order valence-electron chi connectivity index (χ2n) is 5.37. The third kappa shape index (κ3) is 2.81. The van der Waals surface area contributed by atoms with E-state index in [4.69, 9.17) is 5.11 Å².